The van der Waals surface area contributed by atoms with Crippen LogP contribution in [0.3, 0.4) is 0 Å². The molecule has 2 aromatic rings. The minimum absolute atomic E-state index is 0.0453. The average molecular weight is 268 g/mol. The Hall–Kier alpha value is -1.75. The quantitative estimate of drug-likeness (QED) is 0.795. The average Bonchev–Trinajstić information content (AvgIpc) is 2.74. The van der Waals surface area contributed by atoms with Crippen molar-refractivity contribution in [1.29, 1.82) is 0 Å². The maximum Gasteiger partial charge on any atom is 0.208 e. The summed E-state index contributed by atoms with van der Waals surface area (Å²) in [6.45, 7) is 1.82. The van der Waals surface area contributed by atoms with E-state index in [1.165, 1.54) is 18.4 Å². The number of methoxy groups -OCH3 is 1. The van der Waals surface area contributed by atoms with E-state index in [1.54, 1.807) is 12.1 Å². The van der Waals surface area contributed by atoms with Crippen LogP contribution in [-0.2, 0) is 0 Å². The molecule has 94 valence electrons. The molecule has 0 spiro atoms. The van der Waals surface area contributed by atoms with Crippen LogP contribution in [0, 0.1) is 18.6 Å². The normalized spacial score (nSPS) is 10.4. The van der Waals surface area contributed by atoms with Crippen LogP contribution in [0.1, 0.15) is 20.1 Å². The molecule has 0 saturated carbocycles. The number of ketones is 1. The Morgan fingerprint density at radius 1 is 1.22 bits per heavy atom. The van der Waals surface area contributed by atoms with Crippen LogP contribution in [0.5, 0.6) is 5.75 Å². The van der Waals surface area contributed by atoms with Gasteiger partial charge in [0, 0.05) is 17.0 Å². The van der Waals surface area contributed by atoms with Gasteiger partial charge in [-0.05, 0) is 19.1 Å². The number of hydrogen-bond donors (Lipinski definition) is 0. The monoisotopic (exact) mass is 268 g/mol. The molecule has 0 N–H and O–H groups in total. The number of hydrogen-bond acceptors (Lipinski definition) is 3. The van der Waals surface area contributed by atoms with Gasteiger partial charge in [0.05, 0.1) is 17.6 Å². The Morgan fingerprint density at radius 2 is 1.83 bits per heavy atom. The minimum Gasteiger partial charge on any atom is -0.497 e. The second-order valence-corrected chi connectivity index (χ2v) is 4.99. The van der Waals surface area contributed by atoms with Crippen molar-refractivity contribution in [3.63, 3.8) is 0 Å². The highest BCUT2D eigenvalue weighted by Gasteiger charge is 2.21. The molecule has 0 aliphatic carbocycles. The van der Waals surface area contributed by atoms with Gasteiger partial charge in [-0.15, -0.1) is 11.3 Å². The maximum atomic E-state index is 13.7. The van der Waals surface area contributed by atoms with Crippen molar-refractivity contribution >= 4 is 17.1 Å². The first-order chi connectivity index (χ1) is 8.52. The van der Waals surface area contributed by atoms with Crippen molar-refractivity contribution in [2.45, 2.75) is 6.92 Å². The standard InChI is InChI=1S/C13H10F2O2S/c1-7-3-4-11(18-7)13(16)12-9(14)5-8(17-2)6-10(12)15/h3-6H,1-2H3. The number of halogens is 2. The molecule has 2 nitrogen and oxygen atoms in total. The van der Waals surface area contributed by atoms with Crippen LogP contribution in [0.25, 0.3) is 0 Å². The van der Waals surface area contributed by atoms with Crippen molar-refractivity contribution in [2.75, 3.05) is 7.11 Å². The molecule has 1 heterocycles. The van der Waals surface area contributed by atoms with E-state index in [1.807, 2.05) is 6.92 Å². The first-order valence-electron chi connectivity index (χ1n) is 5.17. The number of aryl methyl sites for hydroxylation is 1. The Kier molecular flexibility index (Phi) is 3.43. The summed E-state index contributed by atoms with van der Waals surface area (Å²) in [5, 5.41) is 0. The molecule has 2 rings (SSSR count). The molecule has 1 aromatic carbocycles. The van der Waals surface area contributed by atoms with E-state index in [2.05, 4.69) is 0 Å². The molecule has 1 aromatic heterocycles. The fraction of sp³-hybridized carbons (Fsp3) is 0.154. The van der Waals surface area contributed by atoms with E-state index in [0.29, 0.717) is 4.88 Å². The summed E-state index contributed by atoms with van der Waals surface area (Å²) >= 11 is 1.20. The lowest BCUT2D eigenvalue weighted by molar-refractivity contribution is 0.103. The van der Waals surface area contributed by atoms with E-state index >= 15 is 0 Å². The number of thiophene rings is 1. The van der Waals surface area contributed by atoms with Gasteiger partial charge in [-0.25, -0.2) is 8.78 Å². The van der Waals surface area contributed by atoms with E-state index in [4.69, 9.17) is 4.74 Å². The summed E-state index contributed by atoms with van der Waals surface area (Å²) in [6, 6.07) is 5.29. The molecule has 5 heteroatoms. The Balaban J connectivity index is 2.48. The van der Waals surface area contributed by atoms with Crippen molar-refractivity contribution in [3.05, 3.63) is 51.2 Å². The van der Waals surface area contributed by atoms with E-state index in [-0.39, 0.29) is 5.75 Å². The molecule has 18 heavy (non-hydrogen) atoms. The number of carbonyl (C=O) groups excluding carboxylic acids is 1. The van der Waals surface area contributed by atoms with Gasteiger partial charge in [0.1, 0.15) is 17.4 Å². The van der Waals surface area contributed by atoms with Crippen LogP contribution >= 0.6 is 11.3 Å². The zero-order valence-electron chi connectivity index (χ0n) is 9.79. The molecule has 0 bridgehead atoms. The summed E-state index contributed by atoms with van der Waals surface area (Å²) < 4.78 is 32.1. The van der Waals surface area contributed by atoms with E-state index in [9.17, 15) is 13.6 Å². The van der Waals surface area contributed by atoms with Gasteiger partial charge in [-0.3, -0.25) is 4.79 Å². The highest BCUT2D eigenvalue weighted by atomic mass is 32.1. The van der Waals surface area contributed by atoms with Gasteiger partial charge < -0.3 is 4.74 Å². The molecule has 0 fully saturated rings. The first kappa shape index (κ1) is 12.7. The van der Waals surface area contributed by atoms with Gasteiger partial charge >= 0.3 is 0 Å². The van der Waals surface area contributed by atoms with Gasteiger partial charge in [0.2, 0.25) is 5.78 Å². The van der Waals surface area contributed by atoms with Gasteiger partial charge in [-0.2, -0.15) is 0 Å². The summed E-state index contributed by atoms with van der Waals surface area (Å²) in [5.41, 5.74) is -0.544. The molecule has 0 saturated heterocycles. The van der Waals surface area contributed by atoms with E-state index in [0.717, 1.165) is 17.0 Å². The third-order valence-corrected chi connectivity index (χ3v) is 3.44. The SMILES string of the molecule is COc1cc(F)c(C(=O)c2ccc(C)s2)c(F)c1. The summed E-state index contributed by atoms with van der Waals surface area (Å²) in [4.78, 5) is 13.2. The predicted molar refractivity (Wildman–Crippen MR) is 65.4 cm³/mol. The molecular weight excluding hydrogens is 258 g/mol. The second kappa shape index (κ2) is 4.86. The van der Waals surface area contributed by atoms with Crippen LogP contribution in [-0.4, -0.2) is 12.9 Å². The highest BCUT2D eigenvalue weighted by molar-refractivity contribution is 7.14. The first-order valence-corrected chi connectivity index (χ1v) is 5.98. The molecule has 0 amide bonds. The van der Waals surface area contributed by atoms with Gasteiger partial charge in [0.25, 0.3) is 0 Å². The van der Waals surface area contributed by atoms with Crippen molar-refractivity contribution in [3.8, 4) is 5.75 Å². The Labute approximate surface area is 107 Å². The van der Waals surface area contributed by atoms with E-state index < -0.39 is 23.0 Å². The fourth-order valence-corrected chi connectivity index (χ4v) is 2.38. The minimum atomic E-state index is -0.914. The molecule has 0 radical (unpaired) electrons. The predicted octanol–water partition coefficient (Wildman–Crippen LogP) is 3.57. The topological polar surface area (TPSA) is 26.3 Å². The maximum absolute atomic E-state index is 13.7. The number of carbonyl (C=O) groups is 1. The summed E-state index contributed by atoms with van der Waals surface area (Å²) in [6.07, 6.45) is 0. The number of rotatable bonds is 3. The zero-order valence-corrected chi connectivity index (χ0v) is 10.6. The van der Waals surface area contributed by atoms with Crippen molar-refractivity contribution < 1.29 is 18.3 Å². The zero-order chi connectivity index (χ0) is 13.3. The van der Waals surface area contributed by atoms with Gasteiger partial charge in [0.15, 0.2) is 0 Å². The summed E-state index contributed by atoms with van der Waals surface area (Å²) in [5.74, 6) is -2.43. The van der Waals surface area contributed by atoms with Crippen LogP contribution < -0.4 is 4.74 Å². The number of benzene rings is 1. The molecule has 0 atom stereocenters. The molecule has 0 aliphatic heterocycles. The smallest absolute Gasteiger partial charge is 0.208 e. The highest BCUT2D eigenvalue weighted by Crippen LogP contribution is 2.25. The lowest BCUT2D eigenvalue weighted by Crippen LogP contribution is -2.06. The largest absolute Gasteiger partial charge is 0.497 e. The molecule has 0 unspecified atom stereocenters. The lowest BCUT2D eigenvalue weighted by atomic mass is 10.1. The molecular formula is C13H10F2O2S. The van der Waals surface area contributed by atoms with Crippen LogP contribution in [0.4, 0.5) is 8.78 Å². The van der Waals surface area contributed by atoms with Crippen molar-refractivity contribution in [2.24, 2.45) is 0 Å². The van der Waals surface area contributed by atoms with Crippen LogP contribution in [0.15, 0.2) is 24.3 Å². The van der Waals surface area contributed by atoms with Gasteiger partial charge in [-0.1, -0.05) is 0 Å². The third-order valence-electron chi connectivity index (χ3n) is 2.44. The van der Waals surface area contributed by atoms with Crippen molar-refractivity contribution in [1.82, 2.24) is 0 Å². The van der Waals surface area contributed by atoms with Crippen LogP contribution in [0.2, 0.25) is 0 Å². The fourth-order valence-electron chi connectivity index (χ4n) is 1.56. The Morgan fingerprint density at radius 3 is 2.28 bits per heavy atom. The third kappa shape index (κ3) is 2.26. The Bertz CT molecular complexity index is 582. The summed E-state index contributed by atoms with van der Waals surface area (Å²) in [7, 11) is 1.30. The molecule has 0 aliphatic rings. The lowest BCUT2D eigenvalue weighted by Gasteiger charge is -2.05. The second-order valence-electron chi connectivity index (χ2n) is 3.71. The number of ether oxygens (including phenoxy) is 1.